The van der Waals surface area contributed by atoms with Gasteiger partial charge >= 0.3 is 0 Å². The Balaban J connectivity index is 1.90. The van der Waals surface area contributed by atoms with E-state index < -0.39 is 16.1 Å². The van der Waals surface area contributed by atoms with Gasteiger partial charge in [-0.1, -0.05) is 35.9 Å². The average Bonchev–Trinajstić information content (AvgIpc) is 2.62. The minimum atomic E-state index is -3.51. The zero-order valence-corrected chi connectivity index (χ0v) is 15.3. The van der Waals surface area contributed by atoms with E-state index in [4.69, 9.17) is 11.6 Å². The quantitative estimate of drug-likeness (QED) is 0.889. The third kappa shape index (κ3) is 3.86. The number of sulfonamides is 1. The van der Waals surface area contributed by atoms with Gasteiger partial charge in [0.25, 0.3) is 0 Å². The number of hydrogen-bond donors (Lipinski definition) is 1. The van der Waals surface area contributed by atoms with Crippen LogP contribution in [0.1, 0.15) is 18.1 Å². The highest BCUT2D eigenvalue weighted by Gasteiger charge is 2.37. The first-order chi connectivity index (χ1) is 11.9. The Morgan fingerprint density at radius 3 is 2.44 bits per heavy atom. The molecule has 0 fully saturated rings. The predicted octanol–water partition coefficient (Wildman–Crippen LogP) is 3.06. The number of carbonyl (C=O) groups excluding carboxylic acids is 1. The maximum absolute atomic E-state index is 12.8. The van der Waals surface area contributed by atoms with Crippen molar-refractivity contribution in [3.8, 4) is 0 Å². The number of amides is 1. The molecule has 25 heavy (non-hydrogen) atoms. The molecule has 2 aromatic rings. The first kappa shape index (κ1) is 17.9. The van der Waals surface area contributed by atoms with Crippen molar-refractivity contribution in [3.63, 3.8) is 0 Å². The van der Waals surface area contributed by atoms with Crippen molar-refractivity contribution in [2.45, 2.75) is 25.9 Å². The second-order valence-electron chi connectivity index (χ2n) is 5.93. The molecule has 5 nitrogen and oxygen atoms in total. The zero-order chi connectivity index (χ0) is 18.0. The van der Waals surface area contributed by atoms with Crippen LogP contribution in [0.25, 0.3) is 0 Å². The molecular weight excluding hydrogens is 360 g/mol. The van der Waals surface area contributed by atoms with Crippen LogP contribution in [0.15, 0.2) is 48.5 Å². The minimum absolute atomic E-state index is 0.0418. The van der Waals surface area contributed by atoms with Gasteiger partial charge in [-0.3, -0.25) is 4.79 Å². The molecule has 0 bridgehead atoms. The molecule has 1 aliphatic heterocycles. The average molecular weight is 379 g/mol. The highest BCUT2D eigenvalue weighted by atomic mass is 35.5. The van der Waals surface area contributed by atoms with Crippen LogP contribution >= 0.6 is 11.6 Å². The molecule has 0 radical (unpaired) electrons. The van der Waals surface area contributed by atoms with Crippen molar-refractivity contribution in [1.29, 1.82) is 0 Å². The van der Waals surface area contributed by atoms with Crippen molar-refractivity contribution < 1.29 is 13.2 Å². The van der Waals surface area contributed by atoms with Gasteiger partial charge in [0.2, 0.25) is 15.9 Å². The Labute approximate surface area is 152 Å². The number of halogens is 1. The molecule has 132 valence electrons. The van der Waals surface area contributed by atoms with E-state index in [1.165, 1.54) is 4.31 Å². The molecule has 1 N–H and O–H groups in total. The van der Waals surface area contributed by atoms with Crippen molar-refractivity contribution in [2.24, 2.45) is 0 Å². The topological polar surface area (TPSA) is 66.5 Å². The van der Waals surface area contributed by atoms with Gasteiger partial charge in [-0.2, -0.15) is 4.31 Å². The summed E-state index contributed by atoms with van der Waals surface area (Å²) in [5.74, 6) is -0.381. The van der Waals surface area contributed by atoms with Crippen molar-refractivity contribution >= 4 is 33.2 Å². The van der Waals surface area contributed by atoms with E-state index >= 15 is 0 Å². The maximum atomic E-state index is 12.8. The predicted molar refractivity (Wildman–Crippen MR) is 99.0 cm³/mol. The molecule has 0 aromatic heterocycles. The van der Waals surface area contributed by atoms with Crippen LogP contribution in [-0.2, 0) is 27.8 Å². The van der Waals surface area contributed by atoms with Crippen molar-refractivity contribution in [2.75, 3.05) is 11.1 Å². The largest absolute Gasteiger partial charge is 0.325 e. The molecule has 7 heteroatoms. The highest BCUT2D eigenvalue weighted by Crippen LogP contribution is 2.27. The van der Waals surface area contributed by atoms with Crippen LogP contribution in [0.5, 0.6) is 0 Å². The Bertz CT molecular complexity index is 881. The summed E-state index contributed by atoms with van der Waals surface area (Å²) in [6.45, 7) is 1.80. The fourth-order valence-electron chi connectivity index (χ4n) is 2.94. The molecule has 2 aromatic carbocycles. The molecule has 0 unspecified atom stereocenters. The van der Waals surface area contributed by atoms with E-state index in [0.29, 0.717) is 17.1 Å². The Morgan fingerprint density at radius 2 is 1.80 bits per heavy atom. The third-order valence-electron chi connectivity index (χ3n) is 4.34. The fraction of sp³-hybridized carbons (Fsp3) is 0.278. The monoisotopic (exact) mass is 378 g/mol. The van der Waals surface area contributed by atoms with E-state index in [0.717, 1.165) is 11.1 Å². The standard InChI is InChI=1S/C18H19ClN2O3S/c1-2-25(23,24)21-12-14-6-4-3-5-13(14)11-17(21)18(22)20-16-9-7-15(19)8-10-16/h3-10,17H,2,11-12H2,1H3,(H,20,22)/t17-/m1/s1. The van der Waals surface area contributed by atoms with Crippen LogP contribution in [0.2, 0.25) is 5.02 Å². The summed E-state index contributed by atoms with van der Waals surface area (Å²) in [4.78, 5) is 12.8. The number of benzene rings is 2. The van der Waals surface area contributed by atoms with Gasteiger partial charge in [-0.05, 0) is 48.7 Å². The molecule has 1 heterocycles. The van der Waals surface area contributed by atoms with Gasteiger partial charge in [-0.25, -0.2) is 8.42 Å². The van der Waals surface area contributed by atoms with E-state index in [-0.39, 0.29) is 18.2 Å². The van der Waals surface area contributed by atoms with Crippen LogP contribution < -0.4 is 5.32 Å². The summed E-state index contributed by atoms with van der Waals surface area (Å²) in [7, 11) is -3.51. The van der Waals surface area contributed by atoms with Gasteiger partial charge in [0.15, 0.2) is 0 Å². The molecular formula is C18H19ClN2O3S. The maximum Gasteiger partial charge on any atom is 0.243 e. The van der Waals surface area contributed by atoms with Crippen LogP contribution in [-0.4, -0.2) is 30.4 Å². The minimum Gasteiger partial charge on any atom is -0.325 e. The van der Waals surface area contributed by atoms with E-state index in [2.05, 4.69) is 5.32 Å². The van der Waals surface area contributed by atoms with Crippen molar-refractivity contribution in [1.82, 2.24) is 4.31 Å². The summed E-state index contributed by atoms with van der Waals surface area (Å²) in [6.07, 6.45) is 0.356. The Morgan fingerprint density at radius 1 is 1.16 bits per heavy atom. The van der Waals surface area contributed by atoms with Crippen LogP contribution in [0.3, 0.4) is 0 Å². The number of fused-ring (bicyclic) bond motifs is 1. The number of carbonyl (C=O) groups is 1. The number of nitrogens with zero attached hydrogens (tertiary/aromatic N) is 1. The van der Waals surface area contributed by atoms with Gasteiger partial charge < -0.3 is 5.32 Å². The lowest BCUT2D eigenvalue weighted by Gasteiger charge is -2.34. The Kier molecular flexibility index (Phi) is 5.13. The third-order valence-corrected chi connectivity index (χ3v) is 6.42. The fourth-order valence-corrected chi connectivity index (χ4v) is 4.29. The van der Waals surface area contributed by atoms with Gasteiger partial charge in [-0.15, -0.1) is 0 Å². The molecule has 0 saturated carbocycles. The summed E-state index contributed by atoms with van der Waals surface area (Å²) in [5.41, 5.74) is 2.53. The first-order valence-electron chi connectivity index (χ1n) is 8.03. The summed E-state index contributed by atoms with van der Waals surface area (Å²) >= 11 is 5.85. The van der Waals surface area contributed by atoms with Gasteiger partial charge in [0.05, 0.1) is 5.75 Å². The molecule has 0 saturated heterocycles. The second kappa shape index (κ2) is 7.15. The number of nitrogens with one attached hydrogen (secondary N) is 1. The summed E-state index contributed by atoms with van der Waals surface area (Å²) < 4.78 is 26.3. The highest BCUT2D eigenvalue weighted by molar-refractivity contribution is 7.89. The Hall–Kier alpha value is -1.89. The lowest BCUT2D eigenvalue weighted by molar-refractivity contribution is -0.120. The van der Waals surface area contributed by atoms with E-state index in [9.17, 15) is 13.2 Å². The van der Waals surface area contributed by atoms with Gasteiger partial charge in [0, 0.05) is 17.3 Å². The van der Waals surface area contributed by atoms with Crippen molar-refractivity contribution in [3.05, 3.63) is 64.7 Å². The normalized spacial score (nSPS) is 17.8. The number of rotatable bonds is 4. The summed E-state index contributed by atoms with van der Waals surface area (Å²) in [5, 5.41) is 3.36. The van der Waals surface area contributed by atoms with E-state index in [1.54, 1.807) is 31.2 Å². The number of anilines is 1. The number of hydrogen-bond acceptors (Lipinski definition) is 3. The van der Waals surface area contributed by atoms with Crippen LogP contribution in [0.4, 0.5) is 5.69 Å². The lowest BCUT2D eigenvalue weighted by Crippen LogP contribution is -2.51. The summed E-state index contributed by atoms with van der Waals surface area (Å²) in [6, 6.07) is 13.6. The van der Waals surface area contributed by atoms with Crippen LogP contribution in [0, 0.1) is 0 Å². The molecule has 1 amide bonds. The van der Waals surface area contributed by atoms with Gasteiger partial charge in [0.1, 0.15) is 6.04 Å². The molecule has 3 rings (SSSR count). The molecule has 0 spiro atoms. The molecule has 0 aliphatic carbocycles. The second-order valence-corrected chi connectivity index (χ2v) is 8.58. The SMILES string of the molecule is CCS(=O)(=O)N1Cc2ccccc2C[C@@H]1C(=O)Nc1ccc(Cl)cc1. The lowest BCUT2D eigenvalue weighted by atomic mass is 9.95. The van der Waals surface area contributed by atoms with E-state index in [1.807, 2.05) is 24.3 Å². The first-order valence-corrected chi connectivity index (χ1v) is 10.0. The molecule has 1 aliphatic rings. The smallest absolute Gasteiger partial charge is 0.243 e. The molecule has 1 atom stereocenters. The zero-order valence-electron chi connectivity index (χ0n) is 13.8.